The van der Waals surface area contributed by atoms with E-state index in [1.165, 1.54) is 0 Å². The standard InChI is InChI=1S/C17H20O3/c1-4-13(12-8-6-5-7-9-12)14-10-16(19-2)17(20-3)11-15(14)18/h4-11,13,15-16,18H,1H2,2-3H3/t13-,15-,16-/m1/s1. The van der Waals surface area contributed by atoms with Gasteiger partial charge in [0.2, 0.25) is 0 Å². The summed E-state index contributed by atoms with van der Waals surface area (Å²) in [6.45, 7) is 3.89. The topological polar surface area (TPSA) is 38.7 Å². The van der Waals surface area contributed by atoms with Crippen LogP contribution in [0, 0.1) is 0 Å². The Bertz CT molecular complexity index is 516. The lowest BCUT2D eigenvalue weighted by molar-refractivity contribution is 0.0987. The summed E-state index contributed by atoms with van der Waals surface area (Å²) in [5, 5.41) is 10.3. The first kappa shape index (κ1) is 14.6. The van der Waals surface area contributed by atoms with Crippen LogP contribution in [0.2, 0.25) is 0 Å². The Morgan fingerprint density at radius 2 is 1.90 bits per heavy atom. The summed E-state index contributed by atoms with van der Waals surface area (Å²) in [4.78, 5) is 0. The third-order valence-corrected chi connectivity index (χ3v) is 3.53. The molecule has 0 heterocycles. The van der Waals surface area contributed by atoms with Crippen molar-refractivity contribution in [2.45, 2.75) is 18.1 Å². The van der Waals surface area contributed by atoms with Crippen molar-refractivity contribution in [1.29, 1.82) is 0 Å². The SMILES string of the molecule is C=C[C@@H](C1=C[C@@H](OC)C(OC)=C[C@H]1O)c1ccccc1. The van der Waals surface area contributed by atoms with Gasteiger partial charge in [0.25, 0.3) is 0 Å². The molecule has 0 unspecified atom stereocenters. The number of allylic oxidation sites excluding steroid dienone is 1. The van der Waals surface area contributed by atoms with Gasteiger partial charge in [0.05, 0.1) is 13.2 Å². The molecule has 0 saturated heterocycles. The molecule has 0 radical (unpaired) electrons. The van der Waals surface area contributed by atoms with Gasteiger partial charge < -0.3 is 14.6 Å². The van der Waals surface area contributed by atoms with Crippen LogP contribution in [-0.2, 0) is 9.47 Å². The van der Waals surface area contributed by atoms with Gasteiger partial charge in [-0.05, 0) is 23.3 Å². The van der Waals surface area contributed by atoms with Gasteiger partial charge in [0, 0.05) is 13.0 Å². The summed E-state index contributed by atoms with van der Waals surface area (Å²) in [6, 6.07) is 9.97. The first-order valence-corrected chi connectivity index (χ1v) is 6.57. The number of rotatable bonds is 5. The molecule has 1 aliphatic rings. The van der Waals surface area contributed by atoms with Crippen molar-refractivity contribution in [3.05, 3.63) is 72.0 Å². The van der Waals surface area contributed by atoms with Crippen molar-refractivity contribution in [2.24, 2.45) is 0 Å². The number of methoxy groups -OCH3 is 2. The number of benzene rings is 1. The fraction of sp³-hybridized carbons (Fsp3) is 0.294. The van der Waals surface area contributed by atoms with E-state index in [0.29, 0.717) is 5.76 Å². The molecule has 0 aliphatic heterocycles. The molecule has 0 spiro atoms. The van der Waals surface area contributed by atoms with Crippen LogP contribution >= 0.6 is 0 Å². The Morgan fingerprint density at radius 3 is 2.45 bits per heavy atom. The van der Waals surface area contributed by atoms with E-state index in [0.717, 1.165) is 11.1 Å². The highest BCUT2D eigenvalue weighted by molar-refractivity contribution is 5.41. The number of aliphatic hydroxyl groups excluding tert-OH is 1. The molecule has 0 amide bonds. The van der Waals surface area contributed by atoms with E-state index in [1.807, 2.05) is 42.5 Å². The van der Waals surface area contributed by atoms with E-state index < -0.39 is 6.10 Å². The minimum atomic E-state index is -0.695. The van der Waals surface area contributed by atoms with Crippen LogP contribution in [0.5, 0.6) is 0 Å². The molecular weight excluding hydrogens is 252 g/mol. The van der Waals surface area contributed by atoms with E-state index in [-0.39, 0.29) is 12.0 Å². The van der Waals surface area contributed by atoms with Gasteiger partial charge in [0.15, 0.2) is 0 Å². The predicted molar refractivity (Wildman–Crippen MR) is 79.4 cm³/mol. The van der Waals surface area contributed by atoms with Crippen LogP contribution in [0.4, 0.5) is 0 Å². The zero-order valence-corrected chi connectivity index (χ0v) is 11.8. The molecule has 0 bridgehead atoms. The number of hydrogen-bond acceptors (Lipinski definition) is 3. The summed E-state index contributed by atoms with van der Waals surface area (Å²) in [6.07, 6.45) is 4.46. The molecule has 0 fully saturated rings. The molecule has 20 heavy (non-hydrogen) atoms. The normalized spacial score (nSPS) is 23.6. The maximum absolute atomic E-state index is 10.3. The smallest absolute Gasteiger partial charge is 0.132 e. The summed E-state index contributed by atoms with van der Waals surface area (Å²) in [5.74, 6) is 0.582. The molecule has 1 aliphatic carbocycles. The van der Waals surface area contributed by atoms with Crippen molar-refractivity contribution in [3.8, 4) is 0 Å². The van der Waals surface area contributed by atoms with Gasteiger partial charge in [-0.15, -0.1) is 6.58 Å². The largest absolute Gasteiger partial charge is 0.498 e. The van der Waals surface area contributed by atoms with Gasteiger partial charge in [-0.25, -0.2) is 0 Å². The average Bonchev–Trinajstić information content (AvgIpc) is 2.50. The van der Waals surface area contributed by atoms with E-state index in [1.54, 1.807) is 20.3 Å². The molecule has 0 aromatic heterocycles. The summed E-state index contributed by atoms with van der Waals surface area (Å²) in [7, 11) is 3.19. The van der Waals surface area contributed by atoms with Gasteiger partial charge in [-0.3, -0.25) is 0 Å². The molecule has 2 rings (SSSR count). The highest BCUT2D eigenvalue weighted by Gasteiger charge is 2.27. The summed E-state index contributed by atoms with van der Waals surface area (Å²) in [5.41, 5.74) is 1.95. The highest BCUT2D eigenvalue weighted by atomic mass is 16.5. The average molecular weight is 272 g/mol. The molecule has 3 atom stereocenters. The van der Waals surface area contributed by atoms with Crippen LogP contribution in [-0.4, -0.2) is 31.5 Å². The Hall–Kier alpha value is -1.84. The van der Waals surface area contributed by atoms with Gasteiger partial charge in [-0.1, -0.05) is 36.4 Å². The third kappa shape index (κ3) is 2.84. The Morgan fingerprint density at radius 1 is 1.20 bits per heavy atom. The van der Waals surface area contributed by atoms with Gasteiger partial charge in [-0.2, -0.15) is 0 Å². The van der Waals surface area contributed by atoms with Crippen LogP contribution in [0.15, 0.2) is 66.5 Å². The second kappa shape index (κ2) is 6.55. The van der Waals surface area contributed by atoms with Crippen molar-refractivity contribution >= 4 is 0 Å². The minimum absolute atomic E-state index is 0.0430. The zero-order valence-electron chi connectivity index (χ0n) is 11.8. The Kier molecular flexibility index (Phi) is 4.77. The van der Waals surface area contributed by atoms with Crippen LogP contribution in [0.1, 0.15) is 11.5 Å². The second-order valence-corrected chi connectivity index (χ2v) is 4.67. The van der Waals surface area contributed by atoms with E-state index in [2.05, 4.69) is 6.58 Å². The van der Waals surface area contributed by atoms with E-state index >= 15 is 0 Å². The predicted octanol–water partition coefficient (Wildman–Crippen LogP) is 2.80. The summed E-state index contributed by atoms with van der Waals surface area (Å²) >= 11 is 0. The Balaban J connectivity index is 2.35. The number of aliphatic hydroxyl groups is 1. The maximum atomic E-state index is 10.3. The number of ether oxygens (including phenoxy) is 2. The maximum Gasteiger partial charge on any atom is 0.132 e. The molecule has 1 aromatic carbocycles. The second-order valence-electron chi connectivity index (χ2n) is 4.67. The molecular formula is C17H20O3. The van der Waals surface area contributed by atoms with E-state index in [4.69, 9.17) is 9.47 Å². The van der Waals surface area contributed by atoms with Gasteiger partial charge >= 0.3 is 0 Å². The van der Waals surface area contributed by atoms with E-state index in [9.17, 15) is 5.11 Å². The number of hydrogen-bond donors (Lipinski definition) is 1. The lowest BCUT2D eigenvalue weighted by Gasteiger charge is -2.28. The fourth-order valence-electron chi connectivity index (χ4n) is 2.48. The Labute approximate surface area is 119 Å². The molecule has 106 valence electrons. The fourth-order valence-corrected chi connectivity index (χ4v) is 2.48. The molecule has 0 saturated carbocycles. The zero-order chi connectivity index (χ0) is 14.5. The van der Waals surface area contributed by atoms with Crippen LogP contribution < -0.4 is 0 Å². The molecule has 1 N–H and O–H groups in total. The lowest BCUT2D eigenvalue weighted by Crippen LogP contribution is -2.26. The first-order valence-electron chi connectivity index (χ1n) is 6.57. The quantitative estimate of drug-likeness (QED) is 0.838. The van der Waals surface area contributed by atoms with Crippen molar-refractivity contribution in [3.63, 3.8) is 0 Å². The lowest BCUT2D eigenvalue weighted by atomic mass is 9.84. The van der Waals surface area contributed by atoms with Crippen molar-refractivity contribution in [1.82, 2.24) is 0 Å². The first-order chi connectivity index (χ1) is 9.71. The monoisotopic (exact) mass is 272 g/mol. The highest BCUT2D eigenvalue weighted by Crippen LogP contribution is 2.33. The van der Waals surface area contributed by atoms with Crippen LogP contribution in [0.25, 0.3) is 0 Å². The van der Waals surface area contributed by atoms with Crippen molar-refractivity contribution < 1.29 is 14.6 Å². The van der Waals surface area contributed by atoms with Crippen LogP contribution in [0.3, 0.4) is 0 Å². The third-order valence-electron chi connectivity index (χ3n) is 3.53. The summed E-state index contributed by atoms with van der Waals surface area (Å²) < 4.78 is 10.6. The minimum Gasteiger partial charge on any atom is -0.498 e. The molecule has 3 nitrogen and oxygen atoms in total. The van der Waals surface area contributed by atoms with Crippen molar-refractivity contribution in [2.75, 3.05) is 14.2 Å². The molecule has 3 heteroatoms. The molecule has 1 aromatic rings. The van der Waals surface area contributed by atoms with Gasteiger partial charge in [0.1, 0.15) is 11.9 Å².